The number of esters is 2. The molecule has 0 radical (unpaired) electrons. The summed E-state index contributed by atoms with van der Waals surface area (Å²) in [6.45, 7) is 10.5. The minimum atomic E-state index is -0.461. The molecule has 0 N–H and O–H groups in total. The highest BCUT2D eigenvalue weighted by atomic mass is 16.5. The standard InChI is InChI=1S/C16H18O4/c1-5-11(3)19-15(17)13-7-9-14(10-8-13)16(18)20-12(4)6-2/h5-12H,1-2H2,3-4H3. The highest BCUT2D eigenvalue weighted by Crippen LogP contribution is 2.10. The van der Waals surface area contributed by atoms with Crippen LogP contribution >= 0.6 is 0 Å². The molecule has 0 saturated heterocycles. The predicted molar refractivity (Wildman–Crippen MR) is 76.6 cm³/mol. The molecule has 20 heavy (non-hydrogen) atoms. The largest absolute Gasteiger partial charge is 0.455 e. The third kappa shape index (κ3) is 4.39. The number of hydrogen-bond donors (Lipinski definition) is 0. The van der Waals surface area contributed by atoms with E-state index in [1.165, 1.54) is 36.4 Å². The Labute approximate surface area is 118 Å². The van der Waals surface area contributed by atoms with Gasteiger partial charge in [-0.3, -0.25) is 0 Å². The van der Waals surface area contributed by atoms with Crippen molar-refractivity contribution in [1.29, 1.82) is 0 Å². The van der Waals surface area contributed by atoms with Crippen molar-refractivity contribution in [2.75, 3.05) is 0 Å². The molecular weight excluding hydrogens is 256 g/mol. The molecule has 1 aromatic carbocycles. The minimum absolute atomic E-state index is 0.361. The molecule has 0 aliphatic rings. The van der Waals surface area contributed by atoms with E-state index in [1.807, 2.05) is 0 Å². The lowest BCUT2D eigenvalue weighted by Crippen LogP contribution is -2.14. The van der Waals surface area contributed by atoms with E-state index < -0.39 is 11.9 Å². The third-order valence-electron chi connectivity index (χ3n) is 2.61. The maximum absolute atomic E-state index is 11.7. The lowest BCUT2D eigenvalue weighted by atomic mass is 10.1. The summed E-state index contributed by atoms with van der Waals surface area (Å²) in [6.07, 6.45) is 2.34. The van der Waals surface area contributed by atoms with Crippen LogP contribution in [0.1, 0.15) is 34.6 Å². The summed E-state index contributed by atoms with van der Waals surface area (Å²) in [6, 6.07) is 6.08. The molecule has 0 spiro atoms. The van der Waals surface area contributed by atoms with Gasteiger partial charge in [-0.1, -0.05) is 25.3 Å². The molecule has 0 heterocycles. The molecule has 1 rings (SSSR count). The van der Waals surface area contributed by atoms with Gasteiger partial charge in [0.1, 0.15) is 12.2 Å². The number of hydrogen-bond acceptors (Lipinski definition) is 4. The van der Waals surface area contributed by atoms with Crippen LogP contribution in [0.25, 0.3) is 0 Å². The van der Waals surface area contributed by atoms with Crippen molar-refractivity contribution in [3.8, 4) is 0 Å². The Morgan fingerprint density at radius 1 is 0.900 bits per heavy atom. The van der Waals surface area contributed by atoms with Crippen molar-refractivity contribution < 1.29 is 19.1 Å². The van der Waals surface area contributed by atoms with Crippen molar-refractivity contribution >= 4 is 11.9 Å². The Hall–Kier alpha value is -2.36. The van der Waals surface area contributed by atoms with Gasteiger partial charge >= 0.3 is 11.9 Å². The fourth-order valence-corrected chi connectivity index (χ4v) is 1.31. The SMILES string of the molecule is C=CC(C)OC(=O)c1ccc(C(=O)OC(C)C=C)cc1. The summed E-state index contributed by atoms with van der Waals surface area (Å²) < 4.78 is 10.2. The number of ether oxygens (including phenoxy) is 2. The van der Waals surface area contributed by atoms with E-state index in [2.05, 4.69) is 13.2 Å². The molecule has 0 aliphatic carbocycles. The van der Waals surface area contributed by atoms with Crippen LogP contribution in [0.5, 0.6) is 0 Å². The Kier molecular flexibility index (Phi) is 5.72. The monoisotopic (exact) mass is 274 g/mol. The van der Waals surface area contributed by atoms with E-state index in [1.54, 1.807) is 13.8 Å². The predicted octanol–water partition coefficient (Wildman–Crippen LogP) is 3.15. The van der Waals surface area contributed by atoms with Gasteiger partial charge in [0.05, 0.1) is 11.1 Å². The summed E-state index contributed by atoms with van der Waals surface area (Å²) >= 11 is 0. The molecule has 0 amide bonds. The topological polar surface area (TPSA) is 52.6 Å². The molecule has 0 saturated carbocycles. The third-order valence-corrected chi connectivity index (χ3v) is 2.61. The second-order valence-electron chi connectivity index (χ2n) is 4.27. The fraction of sp³-hybridized carbons (Fsp3) is 0.250. The molecule has 4 heteroatoms. The lowest BCUT2D eigenvalue weighted by molar-refractivity contribution is 0.0409. The van der Waals surface area contributed by atoms with Crippen molar-refractivity contribution in [2.45, 2.75) is 26.1 Å². The Morgan fingerprint density at radius 3 is 1.45 bits per heavy atom. The van der Waals surface area contributed by atoms with Crippen molar-refractivity contribution in [3.63, 3.8) is 0 Å². The van der Waals surface area contributed by atoms with Crippen LogP contribution in [-0.2, 0) is 9.47 Å². The van der Waals surface area contributed by atoms with Gasteiger partial charge in [0, 0.05) is 0 Å². The Balaban J connectivity index is 2.73. The maximum Gasteiger partial charge on any atom is 0.338 e. The van der Waals surface area contributed by atoms with Gasteiger partial charge in [0.15, 0.2) is 0 Å². The summed E-state index contributed by atoms with van der Waals surface area (Å²) in [4.78, 5) is 23.4. The molecule has 0 bridgehead atoms. The van der Waals surface area contributed by atoms with Gasteiger partial charge in [-0.05, 0) is 38.1 Å². The first-order chi connectivity index (χ1) is 9.47. The fourth-order valence-electron chi connectivity index (χ4n) is 1.31. The van der Waals surface area contributed by atoms with E-state index in [4.69, 9.17) is 9.47 Å². The first-order valence-electron chi connectivity index (χ1n) is 6.25. The Bertz CT molecular complexity index is 455. The average molecular weight is 274 g/mol. The van der Waals surface area contributed by atoms with Gasteiger partial charge in [0.2, 0.25) is 0 Å². The molecule has 0 aliphatic heterocycles. The maximum atomic E-state index is 11.7. The van der Waals surface area contributed by atoms with Crippen molar-refractivity contribution in [1.82, 2.24) is 0 Å². The first kappa shape index (κ1) is 15.7. The second-order valence-corrected chi connectivity index (χ2v) is 4.27. The minimum Gasteiger partial charge on any atom is -0.455 e. The smallest absolute Gasteiger partial charge is 0.338 e. The average Bonchev–Trinajstić information content (AvgIpc) is 2.46. The van der Waals surface area contributed by atoms with Gasteiger partial charge in [-0.2, -0.15) is 0 Å². The number of carbonyl (C=O) groups excluding carboxylic acids is 2. The van der Waals surface area contributed by atoms with Crippen LogP contribution in [0, 0.1) is 0 Å². The molecular formula is C16H18O4. The van der Waals surface area contributed by atoms with E-state index in [9.17, 15) is 9.59 Å². The Morgan fingerprint density at radius 2 is 1.20 bits per heavy atom. The van der Waals surface area contributed by atoms with E-state index in [-0.39, 0.29) is 12.2 Å². The van der Waals surface area contributed by atoms with E-state index in [0.29, 0.717) is 11.1 Å². The molecule has 0 aromatic heterocycles. The summed E-state index contributed by atoms with van der Waals surface area (Å²) in [5, 5.41) is 0. The number of carbonyl (C=O) groups is 2. The normalized spacial score (nSPS) is 12.9. The van der Waals surface area contributed by atoms with Crippen molar-refractivity contribution in [3.05, 3.63) is 60.7 Å². The molecule has 1 aromatic rings. The second kappa shape index (κ2) is 7.28. The quantitative estimate of drug-likeness (QED) is 0.590. The molecule has 2 unspecified atom stereocenters. The highest BCUT2D eigenvalue weighted by molar-refractivity contribution is 5.93. The molecule has 2 atom stereocenters. The summed E-state index contributed by atoms with van der Waals surface area (Å²) in [5.41, 5.74) is 0.735. The van der Waals surface area contributed by atoms with E-state index in [0.717, 1.165) is 0 Å². The number of rotatable bonds is 6. The summed E-state index contributed by atoms with van der Waals surface area (Å²) in [5.74, 6) is -0.923. The zero-order chi connectivity index (χ0) is 15.1. The van der Waals surface area contributed by atoms with Crippen LogP contribution in [0.15, 0.2) is 49.6 Å². The van der Waals surface area contributed by atoms with Crippen LogP contribution < -0.4 is 0 Å². The zero-order valence-electron chi connectivity index (χ0n) is 11.7. The highest BCUT2D eigenvalue weighted by Gasteiger charge is 2.13. The van der Waals surface area contributed by atoms with Gasteiger partial charge in [0.25, 0.3) is 0 Å². The van der Waals surface area contributed by atoms with Crippen LogP contribution in [0.3, 0.4) is 0 Å². The molecule has 0 fully saturated rings. The van der Waals surface area contributed by atoms with Crippen LogP contribution in [-0.4, -0.2) is 24.1 Å². The molecule has 106 valence electrons. The molecule has 4 nitrogen and oxygen atoms in total. The van der Waals surface area contributed by atoms with Gasteiger partial charge in [-0.15, -0.1) is 0 Å². The van der Waals surface area contributed by atoms with E-state index >= 15 is 0 Å². The lowest BCUT2D eigenvalue weighted by Gasteiger charge is -2.10. The number of benzene rings is 1. The van der Waals surface area contributed by atoms with Crippen molar-refractivity contribution in [2.24, 2.45) is 0 Å². The summed E-state index contributed by atoms with van der Waals surface area (Å²) in [7, 11) is 0. The van der Waals surface area contributed by atoms with Crippen LogP contribution in [0.2, 0.25) is 0 Å². The van der Waals surface area contributed by atoms with Gasteiger partial charge < -0.3 is 9.47 Å². The first-order valence-corrected chi connectivity index (χ1v) is 6.25. The van der Waals surface area contributed by atoms with Gasteiger partial charge in [-0.25, -0.2) is 9.59 Å². The zero-order valence-corrected chi connectivity index (χ0v) is 11.7. The van der Waals surface area contributed by atoms with Crippen LogP contribution in [0.4, 0.5) is 0 Å².